The van der Waals surface area contributed by atoms with Crippen LogP contribution in [0.1, 0.15) is 71.0 Å². The molecule has 1 fully saturated rings. The molecule has 1 N–H and O–H groups in total. The Morgan fingerprint density at radius 1 is 1.08 bits per heavy atom. The van der Waals surface area contributed by atoms with E-state index in [1.54, 1.807) is 17.9 Å². The molecule has 2 amide bonds. The van der Waals surface area contributed by atoms with Crippen molar-refractivity contribution in [2.24, 2.45) is 5.41 Å². The Balaban J connectivity index is 1.72. The number of piperidine rings is 1. The van der Waals surface area contributed by atoms with Crippen molar-refractivity contribution >= 4 is 17.5 Å². The molecule has 0 radical (unpaired) electrons. The van der Waals surface area contributed by atoms with E-state index in [2.05, 4.69) is 32.2 Å². The molecule has 2 aromatic carbocycles. The molecule has 4 rings (SSSR count). The number of carbonyl (C=O) groups excluding carboxylic acids is 2. The van der Waals surface area contributed by atoms with Gasteiger partial charge in [-0.05, 0) is 60.9 Å². The number of carbonyl (C=O) groups is 2. The highest BCUT2D eigenvalue weighted by molar-refractivity contribution is 5.99. The van der Waals surface area contributed by atoms with Gasteiger partial charge in [0.25, 0.3) is 5.91 Å². The fraction of sp³-hybridized carbons (Fsp3) is 0.419. The van der Waals surface area contributed by atoms with Gasteiger partial charge in [0.1, 0.15) is 6.17 Å². The lowest BCUT2D eigenvalue weighted by atomic mass is 9.70. The van der Waals surface area contributed by atoms with E-state index in [0.717, 1.165) is 16.8 Å². The second kappa shape index (κ2) is 10.0. The second-order valence-electron chi connectivity index (χ2n) is 11.3. The van der Waals surface area contributed by atoms with Gasteiger partial charge in [-0.15, -0.1) is 0 Å². The Labute approximate surface area is 214 Å². The first kappa shape index (κ1) is 25.9. The number of hydrogen-bond acceptors (Lipinski definition) is 2. The molecular formula is C31H37FN2O2. The summed E-state index contributed by atoms with van der Waals surface area (Å²) in [5.74, 6) is -0.447. The van der Waals surface area contributed by atoms with Crippen molar-refractivity contribution in [2.75, 3.05) is 11.9 Å². The fourth-order valence-electron chi connectivity index (χ4n) is 5.48. The molecule has 4 nitrogen and oxygen atoms in total. The van der Waals surface area contributed by atoms with Crippen molar-refractivity contribution in [3.05, 3.63) is 89.0 Å². The average Bonchev–Trinajstić information content (AvgIpc) is 2.84. The summed E-state index contributed by atoms with van der Waals surface area (Å²) in [5.41, 5.74) is 2.68. The van der Waals surface area contributed by atoms with Crippen LogP contribution in [0.25, 0.3) is 0 Å². The van der Waals surface area contributed by atoms with Crippen molar-refractivity contribution in [3.63, 3.8) is 0 Å². The first-order chi connectivity index (χ1) is 17.0. The highest BCUT2D eigenvalue weighted by Crippen LogP contribution is 2.47. The third-order valence-corrected chi connectivity index (χ3v) is 7.57. The summed E-state index contributed by atoms with van der Waals surface area (Å²) in [6, 6.07) is 17.1. The van der Waals surface area contributed by atoms with Crippen molar-refractivity contribution in [1.82, 2.24) is 4.90 Å². The molecule has 1 aliphatic heterocycles. The molecule has 1 aliphatic carbocycles. The molecule has 2 aromatic rings. The predicted octanol–water partition coefficient (Wildman–Crippen LogP) is 6.91. The summed E-state index contributed by atoms with van der Waals surface area (Å²) in [4.78, 5) is 29.5. The van der Waals surface area contributed by atoms with E-state index in [0.29, 0.717) is 25.0 Å². The fourth-order valence-corrected chi connectivity index (χ4v) is 5.48. The number of halogens is 1. The first-order valence-corrected chi connectivity index (χ1v) is 12.8. The summed E-state index contributed by atoms with van der Waals surface area (Å²) >= 11 is 0. The standard InChI is InChI=1S/C31H37FN2O2/c1-21-12-9-17-25(32)26(21)28(35)34-19-11-18-31(5,27(34)22-13-7-6-8-14-22)29(36)33-24-16-10-15-23(20-24)30(2,3)4/h6-10,12-16,20,25,27H,11,17-19H2,1-5H3,(H,33,36). The summed E-state index contributed by atoms with van der Waals surface area (Å²) < 4.78 is 15.0. The van der Waals surface area contributed by atoms with Crippen LogP contribution in [0.3, 0.4) is 0 Å². The van der Waals surface area contributed by atoms with Gasteiger partial charge in [-0.1, -0.05) is 75.4 Å². The molecule has 0 spiro atoms. The van der Waals surface area contributed by atoms with E-state index >= 15 is 0 Å². The molecule has 36 heavy (non-hydrogen) atoms. The maximum atomic E-state index is 15.0. The van der Waals surface area contributed by atoms with Gasteiger partial charge in [0.2, 0.25) is 5.91 Å². The Hall–Kier alpha value is -3.21. The van der Waals surface area contributed by atoms with Crippen molar-refractivity contribution in [3.8, 4) is 0 Å². The van der Waals surface area contributed by atoms with Crippen molar-refractivity contribution in [1.29, 1.82) is 0 Å². The summed E-state index contributed by atoms with van der Waals surface area (Å²) in [6.07, 6.45) is 3.74. The van der Waals surface area contributed by atoms with Gasteiger partial charge in [-0.25, -0.2) is 4.39 Å². The second-order valence-corrected chi connectivity index (χ2v) is 11.3. The number of amides is 2. The molecule has 190 valence electrons. The van der Waals surface area contributed by atoms with E-state index in [9.17, 15) is 14.0 Å². The minimum absolute atomic E-state index is 0.0474. The van der Waals surface area contributed by atoms with E-state index in [1.165, 1.54) is 0 Å². The number of rotatable bonds is 4. The maximum Gasteiger partial charge on any atom is 0.253 e. The van der Waals surface area contributed by atoms with Crippen LogP contribution in [0.15, 0.2) is 77.9 Å². The SMILES string of the molecule is CC1=C(C(=O)N2CCCC(C)(C(=O)Nc3cccc(C(C)(C)C)c3)C2c2ccccc2)C(F)CC=C1. The highest BCUT2D eigenvalue weighted by atomic mass is 19.1. The lowest BCUT2D eigenvalue weighted by molar-refractivity contribution is -0.142. The summed E-state index contributed by atoms with van der Waals surface area (Å²) in [6.45, 7) is 10.6. The molecule has 3 atom stereocenters. The molecule has 3 unspecified atom stereocenters. The minimum atomic E-state index is -1.33. The lowest BCUT2D eigenvalue weighted by Crippen LogP contribution is -2.53. The Kier molecular flexibility index (Phi) is 7.21. The number of hydrogen-bond donors (Lipinski definition) is 1. The quantitative estimate of drug-likeness (QED) is 0.508. The van der Waals surface area contributed by atoms with Crippen molar-refractivity contribution < 1.29 is 14.0 Å². The molecular weight excluding hydrogens is 451 g/mol. The maximum absolute atomic E-state index is 15.0. The molecule has 1 saturated heterocycles. The third kappa shape index (κ3) is 5.02. The van der Waals surface area contributed by atoms with Crippen LogP contribution in [0.2, 0.25) is 0 Å². The van der Waals surface area contributed by atoms with Gasteiger partial charge in [-0.3, -0.25) is 9.59 Å². The number of alkyl halides is 1. The van der Waals surface area contributed by atoms with E-state index < -0.39 is 17.6 Å². The van der Waals surface area contributed by atoms with Gasteiger partial charge in [0.15, 0.2) is 0 Å². The zero-order valence-corrected chi connectivity index (χ0v) is 22.0. The van der Waals surface area contributed by atoms with Crippen molar-refractivity contribution in [2.45, 2.75) is 71.5 Å². The molecule has 2 aliphatic rings. The number of nitrogens with zero attached hydrogens (tertiary/aromatic N) is 1. The monoisotopic (exact) mass is 488 g/mol. The lowest BCUT2D eigenvalue weighted by Gasteiger charge is -2.48. The van der Waals surface area contributed by atoms with Crippen LogP contribution in [0.4, 0.5) is 10.1 Å². The molecule has 1 heterocycles. The number of allylic oxidation sites excluding steroid dienone is 3. The summed E-state index contributed by atoms with van der Waals surface area (Å²) in [5, 5.41) is 3.15. The van der Waals surface area contributed by atoms with Gasteiger partial charge >= 0.3 is 0 Å². The number of nitrogens with one attached hydrogen (secondary N) is 1. The van der Waals surface area contributed by atoms with Gasteiger partial charge < -0.3 is 10.2 Å². The zero-order chi connectivity index (χ0) is 26.1. The van der Waals surface area contributed by atoms with Gasteiger partial charge in [0.05, 0.1) is 17.0 Å². The van der Waals surface area contributed by atoms with E-state index in [1.807, 2.05) is 61.5 Å². The molecule has 5 heteroatoms. The van der Waals surface area contributed by atoms with Gasteiger partial charge in [0, 0.05) is 18.7 Å². The first-order valence-electron chi connectivity index (χ1n) is 12.8. The summed E-state index contributed by atoms with van der Waals surface area (Å²) in [7, 11) is 0. The van der Waals surface area contributed by atoms with Crippen LogP contribution in [0, 0.1) is 5.41 Å². The predicted molar refractivity (Wildman–Crippen MR) is 143 cm³/mol. The number of anilines is 1. The highest BCUT2D eigenvalue weighted by Gasteiger charge is 2.49. The Bertz CT molecular complexity index is 1190. The number of benzene rings is 2. The topological polar surface area (TPSA) is 49.4 Å². The molecule has 0 aromatic heterocycles. The van der Waals surface area contributed by atoms with E-state index in [-0.39, 0.29) is 29.2 Å². The number of likely N-dealkylation sites (tertiary alicyclic amines) is 1. The Morgan fingerprint density at radius 2 is 1.81 bits per heavy atom. The Morgan fingerprint density at radius 3 is 2.47 bits per heavy atom. The van der Waals surface area contributed by atoms with Crippen LogP contribution < -0.4 is 5.32 Å². The van der Waals surface area contributed by atoms with Crippen LogP contribution in [-0.2, 0) is 15.0 Å². The van der Waals surface area contributed by atoms with Crippen LogP contribution in [-0.4, -0.2) is 29.4 Å². The smallest absolute Gasteiger partial charge is 0.253 e. The van der Waals surface area contributed by atoms with Crippen LogP contribution in [0.5, 0.6) is 0 Å². The minimum Gasteiger partial charge on any atom is -0.331 e. The normalized spacial score (nSPS) is 24.6. The average molecular weight is 489 g/mol. The zero-order valence-electron chi connectivity index (χ0n) is 22.0. The van der Waals surface area contributed by atoms with Gasteiger partial charge in [-0.2, -0.15) is 0 Å². The van der Waals surface area contributed by atoms with E-state index in [4.69, 9.17) is 0 Å². The largest absolute Gasteiger partial charge is 0.331 e. The van der Waals surface area contributed by atoms with Crippen LogP contribution >= 0.6 is 0 Å². The molecule has 0 saturated carbocycles. The molecule has 0 bridgehead atoms. The third-order valence-electron chi connectivity index (χ3n) is 7.57.